The molecule has 3 fully saturated rings. The van der Waals surface area contributed by atoms with Gasteiger partial charge in [0.05, 0.1) is 11.0 Å². The Morgan fingerprint density at radius 3 is 2.81 bits per heavy atom. The molecule has 2 saturated carbocycles. The van der Waals surface area contributed by atoms with E-state index in [4.69, 9.17) is 9.47 Å². The van der Waals surface area contributed by atoms with Crippen molar-refractivity contribution in [3.63, 3.8) is 0 Å². The first-order valence-corrected chi connectivity index (χ1v) is 12.2. The highest BCUT2D eigenvalue weighted by Crippen LogP contribution is 2.67. The molecule has 0 radical (unpaired) electrons. The second-order valence-corrected chi connectivity index (χ2v) is 10.8. The Kier molecular flexibility index (Phi) is 4.47. The number of phenols is 1. The van der Waals surface area contributed by atoms with Crippen molar-refractivity contribution in [1.29, 1.82) is 0 Å². The van der Waals surface area contributed by atoms with Gasteiger partial charge in [-0.25, -0.2) is 0 Å². The lowest BCUT2D eigenvalue weighted by Gasteiger charge is -2.66. The zero-order chi connectivity index (χ0) is 21.4. The highest BCUT2D eigenvalue weighted by Gasteiger charge is 2.75. The van der Waals surface area contributed by atoms with Crippen LogP contribution in [0.15, 0.2) is 12.1 Å². The molecule has 5 atom stereocenters. The summed E-state index contributed by atoms with van der Waals surface area (Å²) in [4.78, 5) is 2.56. The number of hydrogen-bond donors (Lipinski definition) is 3. The van der Waals surface area contributed by atoms with Crippen LogP contribution >= 0.6 is 0 Å². The third kappa shape index (κ3) is 2.53. The van der Waals surface area contributed by atoms with Crippen LogP contribution in [0.1, 0.15) is 63.0 Å². The van der Waals surface area contributed by atoms with Gasteiger partial charge >= 0.3 is 0 Å². The van der Waals surface area contributed by atoms with Crippen LogP contribution in [0.5, 0.6) is 11.5 Å². The van der Waals surface area contributed by atoms with Crippen molar-refractivity contribution in [1.82, 2.24) is 4.90 Å². The largest absolute Gasteiger partial charge is 0.504 e. The summed E-state index contributed by atoms with van der Waals surface area (Å²) >= 11 is 0. The minimum absolute atomic E-state index is 0.0814. The summed E-state index contributed by atoms with van der Waals surface area (Å²) in [5.41, 5.74) is 0.245. The fourth-order valence-electron chi connectivity index (χ4n) is 7.59. The number of likely N-dealkylation sites (tertiary alicyclic amines) is 1. The van der Waals surface area contributed by atoms with E-state index in [1.165, 1.54) is 24.8 Å². The molecule has 170 valence electrons. The molecule has 2 bridgehead atoms. The third-order valence-electron chi connectivity index (χ3n) is 9.33. The van der Waals surface area contributed by atoms with Gasteiger partial charge in [-0.05, 0) is 76.0 Å². The summed E-state index contributed by atoms with van der Waals surface area (Å²) in [6.07, 6.45) is 7.21. The van der Waals surface area contributed by atoms with Crippen LogP contribution in [0.4, 0.5) is 0 Å². The molecule has 3 N–H and O–H groups in total. The molecule has 0 unspecified atom stereocenters. The van der Waals surface area contributed by atoms with Gasteiger partial charge in [0.25, 0.3) is 0 Å². The molecule has 5 aliphatic rings. The number of ether oxygens (including phenoxy) is 2. The lowest BCUT2D eigenvalue weighted by atomic mass is 9.46. The number of aliphatic hydroxyl groups excluding tert-OH is 1. The summed E-state index contributed by atoms with van der Waals surface area (Å²) < 4.78 is 12.9. The normalized spacial score (nSPS) is 40.9. The Balaban J connectivity index is 1.45. The first-order valence-electron chi connectivity index (χ1n) is 12.2. The molecule has 6 rings (SSSR count). The number of aliphatic hydroxyl groups is 2. The molecule has 6 heteroatoms. The molecule has 0 aromatic heterocycles. The van der Waals surface area contributed by atoms with E-state index in [9.17, 15) is 15.3 Å². The van der Waals surface area contributed by atoms with Gasteiger partial charge in [-0.15, -0.1) is 0 Å². The van der Waals surface area contributed by atoms with Crippen molar-refractivity contribution >= 4 is 0 Å². The van der Waals surface area contributed by atoms with E-state index in [2.05, 4.69) is 11.8 Å². The van der Waals surface area contributed by atoms with Crippen LogP contribution in [0.2, 0.25) is 0 Å². The maximum atomic E-state index is 12.5. The lowest BCUT2D eigenvalue weighted by Crippen LogP contribution is -2.79. The van der Waals surface area contributed by atoms with Crippen molar-refractivity contribution in [3.05, 3.63) is 23.3 Å². The Bertz CT molecular complexity index is 887. The molecule has 1 spiro atoms. The topological polar surface area (TPSA) is 82.4 Å². The predicted molar refractivity (Wildman–Crippen MR) is 115 cm³/mol. The molecular weight excluding hydrogens is 394 g/mol. The summed E-state index contributed by atoms with van der Waals surface area (Å²) in [7, 11) is 0. The molecule has 1 aromatic carbocycles. The zero-order valence-corrected chi connectivity index (χ0v) is 18.5. The van der Waals surface area contributed by atoms with Crippen molar-refractivity contribution in [2.75, 3.05) is 26.3 Å². The molecule has 3 aliphatic carbocycles. The van der Waals surface area contributed by atoms with Gasteiger partial charge in [-0.1, -0.05) is 12.5 Å². The highest BCUT2D eigenvalue weighted by molar-refractivity contribution is 5.62. The van der Waals surface area contributed by atoms with Gasteiger partial charge in [-0.3, -0.25) is 4.90 Å². The summed E-state index contributed by atoms with van der Waals surface area (Å²) in [6.45, 7) is 4.69. The average molecular weight is 430 g/mol. The van der Waals surface area contributed by atoms with Crippen molar-refractivity contribution in [3.8, 4) is 11.5 Å². The first-order chi connectivity index (χ1) is 14.9. The maximum Gasteiger partial charge on any atom is 0.165 e. The molecule has 2 heterocycles. The van der Waals surface area contributed by atoms with Crippen molar-refractivity contribution in [2.45, 2.75) is 87.1 Å². The van der Waals surface area contributed by atoms with Crippen LogP contribution in [0.3, 0.4) is 0 Å². The Labute approximate surface area is 184 Å². The molecule has 6 nitrogen and oxygen atoms in total. The zero-order valence-electron chi connectivity index (χ0n) is 18.5. The standard InChI is InChI=1S/C25H35NO5/c1-23(30-13-3-12-27)8-9-25(29)19-14-17-6-7-18(28)21-20(17)24(25,22(23)31-21)10-11-26(19)15-16-4-2-5-16/h6-7,16,19,22,27-29H,2-5,8-15H2,1H3/t19-,22+,23-,24+,25-/m1/s1. The monoisotopic (exact) mass is 429 g/mol. The average Bonchev–Trinajstić information content (AvgIpc) is 3.08. The van der Waals surface area contributed by atoms with Gasteiger partial charge in [-0.2, -0.15) is 0 Å². The Morgan fingerprint density at radius 1 is 1.23 bits per heavy atom. The molecule has 0 amide bonds. The predicted octanol–water partition coefficient (Wildman–Crippen LogP) is 2.50. The minimum atomic E-state index is -0.883. The van der Waals surface area contributed by atoms with E-state index < -0.39 is 16.6 Å². The van der Waals surface area contributed by atoms with E-state index in [0.29, 0.717) is 31.6 Å². The van der Waals surface area contributed by atoms with Gasteiger partial charge in [0.2, 0.25) is 0 Å². The third-order valence-corrected chi connectivity index (χ3v) is 9.33. The fraction of sp³-hybridized carbons (Fsp3) is 0.760. The van der Waals surface area contributed by atoms with Crippen LogP contribution < -0.4 is 4.74 Å². The second-order valence-electron chi connectivity index (χ2n) is 10.8. The number of aromatic hydroxyl groups is 1. The molecule has 1 aromatic rings. The number of nitrogens with zero attached hydrogens (tertiary/aromatic N) is 1. The quantitative estimate of drug-likeness (QED) is 0.603. The number of phenolic OH excluding ortho intramolecular Hbond substituents is 1. The smallest absolute Gasteiger partial charge is 0.165 e. The molecule has 2 aliphatic heterocycles. The van der Waals surface area contributed by atoms with Gasteiger partial charge in [0.1, 0.15) is 11.7 Å². The molecule has 31 heavy (non-hydrogen) atoms. The van der Waals surface area contributed by atoms with Gasteiger partial charge < -0.3 is 24.8 Å². The maximum absolute atomic E-state index is 12.5. The van der Waals surface area contributed by atoms with E-state index in [0.717, 1.165) is 37.4 Å². The van der Waals surface area contributed by atoms with Crippen LogP contribution in [0.25, 0.3) is 0 Å². The van der Waals surface area contributed by atoms with Crippen LogP contribution in [0, 0.1) is 5.92 Å². The molecular formula is C25H35NO5. The second kappa shape index (κ2) is 6.83. The number of rotatable bonds is 6. The van der Waals surface area contributed by atoms with Gasteiger partial charge in [0, 0.05) is 31.4 Å². The van der Waals surface area contributed by atoms with Crippen molar-refractivity contribution in [2.24, 2.45) is 5.92 Å². The van der Waals surface area contributed by atoms with E-state index in [-0.39, 0.29) is 24.5 Å². The van der Waals surface area contributed by atoms with Crippen molar-refractivity contribution < 1.29 is 24.8 Å². The Morgan fingerprint density at radius 2 is 2.06 bits per heavy atom. The number of benzene rings is 1. The minimum Gasteiger partial charge on any atom is -0.504 e. The number of hydrogen-bond acceptors (Lipinski definition) is 6. The Hall–Kier alpha value is -1.34. The summed E-state index contributed by atoms with van der Waals surface area (Å²) in [6, 6.07) is 3.88. The number of piperidine rings is 1. The van der Waals surface area contributed by atoms with Gasteiger partial charge in [0.15, 0.2) is 11.5 Å². The first kappa shape index (κ1) is 20.3. The van der Waals surface area contributed by atoms with E-state index in [1.54, 1.807) is 6.07 Å². The highest BCUT2D eigenvalue weighted by atomic mass is 16.6. The molecule has 1 saturated heterocycles. The SMILES string of the molecule is C[C@@]1(OCCCO)CC[C@@]2(O)[C@H]3Cc4ccc(O)c5c4[C@@]2(CCN3CC2CCC2)[C@H]1O5. The summed E-state index contributed by atoms with van der Waals surface area (Å²) in [5, 5.41) is 32.4. The lowest BCUT2D eigenvalue weighted by molar-refractivity contribution is -0.244. The fourth-order valence-corrected chi connectivity index (χ4v) is 7.59. The van der Waals surface area contributed by atoms with Crippen LogP contribution in [-0.4, -0.2) is 69.9 Å². The summed E-state index contributed by atoms with van der Waals surface area (Å²) in [5.74, 6) is 1.49. The van der Waals surface area contributed by atoms with E-state index in [1.807, 2.05) is 6.07 Å². The van der Waals surface area contributed by atoms with Crippen LogP contribution in [-0.2, 0) is 16.6 Å². The van der Waals surface area contributed by atoms with E-state index >= 15 is 0 Å².